The van der Waals surface area contributed by atoms with E-state index in [-0.39, 0.29) is 18.1 Å². The first-order chi connectivity index (χ1) is 14.0. The Hall–Kier alpha value is -2.84. The van der Waals surface area contributed by atoms with E-state index in [1.54, 1.807) is 23.1 Å². The van der Waals surface area contributed by atoms with Crippen LogP contribution in [0.15, 0.2) is 41.3 Å². The summed E-state index contributed by atoms with van der Waals surface area (Å²) in [5.74, 6) is -0.356. The lowest BCUT2D eigenvalue weighted by Gasteiger charge is -2.24. The van der Waals surface area contributed by atoms with Gasteiger partial charge in [-0.2, -0.15) is 0 Å². The maximum absolute atomic E-state index is 12.9. The Morgan fingerprint density at radius 2 is 2.03 bits per heavy atom. The van der Waals surface area contributed by atoms with E-state index in [1.165, 1.54) is 11.3 Å². The van der Waals surface area contributed by atoms with Crippen LogP contribution in [0.4, 0.5) is 0 Å². The molecule has 2 aliphatic rings. The number of nitrogens with zero attached hydrogens (tertiary/aromatic N) is 2. The summed E-state index contributed by atoms with van der Waals surface area (Å²) in [5, 5.41) is 12.9. The van der Waals surface area contributed by atoms with Crippen LogP contribution in [-0.2, 0) is 9.59 Å². The summed E-state index contributed by atoms with van der Waals surface area (Å²) in [6, 6.07) is 8.14. The number of carbonyl (C=O) groups excluding carboxylic acids is 2. The van der Waals surface area contributed by atoms with E-state index >= 15 is 0 Å². The number of carbonyl (C=O) groups is 2. The van der Waals surface area contributed by atoms with Crippen LogP contribution in [0.5, 0.6) is 11.5 Å². The number of ketones is 1. The zero-order chi connectivity index (χ0) is 20.5. The highest BCUT2D eigenvalue weighted by atomic mass is 32.1. The summed E-state index contributed by atoms with van der Waals surface area (Å²) in [6.45, 7) is 1.34. The number of thiophene rings is 1. The third-order valence-corrected chi connectivity index (χ3v) is 5.93. The smallest absolute Gasteiger partial charge is 0.295 e. The van der Waals surface area contributed by atoms with Gasteiger partial charge in [0.2, 0.25) is 6.79 Å². The maximum atomic E-state index is 12.9. The molecular weight excluding hydrogens is 392 g/mol. The Morgan fingerprint density at radius 1 is 1.24 bits per heavy atom. The number of fused-ring (bicyclic) bond motifs is 1. The van der Waals surface area contributed by atoms with Gasteiger partial charge in [-0.15, -0.1) is 11.3 Å². The second kappa shape index (κ2) is 7.88. The fraction of sp³-hybridized carbons (Fsp3) is 0.333. The fourth-order valence-electron chi connectivity index (χ4n) is 3.61. The Kier molecular flexibility index (Phi) is 5.29. The molecule has 1 aromatic carbocycles. The van der Waals surface area contributed by atoms with E-state index in [0.717, 1.165) is 17.8 Å². The molecule has 0 spiro atoms. The topological polar surface area (TPSA) is 79.3 Å². The Labute approximate surface area is 172 Å². The van der Waals surface area contributed by atoms with Crippen LogP contribution in [0.1, 0.15) is 22.9 Å². The number of Topliss-reactive ketones (excluding diaryl/α,β-unsaturated/α-hetero) is 1. The summed E-state index contributed by atoms with van der Waals surface area (Å²) in [7, 11) is 3.93. The molecule has 1 unspecified atom stereocenters. The van der Waals surface area contributed by atoms with Gasteiger partial charge in [-0.05, 0) is 56.7 Å². The van der Waals surface area contributed by atoms with E-state index in [4.69, 9.17) is 9.47 Å². The average molecular weight is 414 g/mol. The molecule has 4 rings (SSSR count). The molecule has 152 valence electrons. The molecule has 1 saturated heterocycles. The summed E-state index contributed by atoms with van der Waals surface area (Å²) < 4.78 is 10.7. The van der Waals surface area contributed by atoms with Crippen molar-refractivity contribution in [2.75, 3.05) is 34.0 Å². The van der Waals surface area contributed by atoms with E-state index in [0.29, 0.717) is 23.6 Å². The van der Waals surface area contributed by atoms with Gasteiger partial charge in [0, 0.05) is 17.0 Å². The van der Waals surface area contributed by atoms with Crippen LogP contribution in [0.2, 0.25) is 0 Å². The zero-order valence-corrected chi connectivity index (χ0v) is 17.1. The van der Waals surface area contributed by atoms with Gasteiger partial charge < -0.3 is 24.4 Å². The number of benzene rings is 1. The largest absolute Gasteiger partial charge is 0.507 e. The van der Waals surface area contributed by atoms with Crippen LogP contribution < -0.4 is 9.47 Å². The van der Waals surface area contributed by atoms with E-state index in [2.05, 4.69) is 0 Å². The molecule has 29 heavy (non-hydrogen) atoms. The van der Waals surface area contributed by atoms with Gasteiger partial charge in [-0.3, -0.25) is 9.59 Å². The van der Waals surface area contributed by atoms with Crippen molar-refractivity contribution in [3.05, 3.63) is 51.7 Å². The minimum Gasteiger partial charge on any atom is -0.507 e. The SMILES string of the molecule is CN(C)CCCN1C(=O)C(=O)/C(=C(\O)c2ccc3c(c2)OCO3)C1c1cccs1. The monoisotopic (exact) mass is 414 g/mol. The van der Waals surface area contributed by atoms with Gasteiger partial charge in [0.1, 0.15) is 5.76 Å². The maximum Gasteiger partial charge on any atom is 0.295 e. The van der Waals surface area contributed by atoms with Crippen molar-refractivity contribution in [1.82, 2.24) is 9.80 Å². The molecular formula is C21H22N2O5S. The quantitative estimate of drug-likeness (QED) is 0.445. The van der Waals surface area contributed by atoms with Gasteiger partial charge in [-0.1, -0.05) is 6.07 Å². The second-order valence-electron chi connectivity index (χ2n) is 7.23. The lowest BCUT2D eigenvalue weighted by molar-refractivity contribution is -0.139. The predicted molar refractivity (Wildman–Crippen MR) is 109 cm³/mol. The Balaban J connectivity index is 1.74. The molecule has 3 heterocycles. The highest BCUT2D eigenvalue weighted by Crippen LogP contribution is 2.42. The van der Waals surface area contributed by atoms with Gasteiger partial charge in [0.25, 0.3) is 11.7 Å². The first kappa shape index (κ1) is 19.5. The number of aliphatic hydroxyl groups excluding tert-OH is 1. The third kappa shape index (κ3) is 3.61. The molecule has 0 radical (unpaired) electrons. The molecule has 8 heteroatoms. The third-order valence-electron chi connectivity index (χ3n) is 5.00. The van der Waals surface area contributed by atoms with Crippen molar-refractivity contribution in [2.45, 2.75) is 12.5 Å². The lowest BCUT2D eigenvalue weighted by Crippen LogP contribution is -2.32. The van der Waals surface area contributed by atoms with Crippen molar-refractivity contribution >= 4 is 28.8 Å². The minimum absolute atomic E-state index is 0.112. The number of amides is 1. The van der Waals surface area contributed by atoms with E-state index in [1.807, 2.05) is 36.5 Å². The molecule has 1 atom stereocenters. The second-order valence-corrected chi connectivity index (χ2v) is 8.21. The average Bonchev–Trinajstić information content (AvgIpc) is 3.43. The number of likely N-dealkylation sites (tertiary alicyclic amines) is 1. The van der Waals surface area contributed by atoms with E-state index < -0.39 is 17.7 Å². The summed E-state index contributed by atoms with van der Waals surface area (Å²) in [6.07, 6.45) is 0.728. The summed E-state index contributed by atoms with van der Waals surface area (Å²) >= 11 is 1.46. The molecule has 0 saturated carbocycles. The normalized spacial score (nSPS) is 20.1. The summed E-state index contributed by atoms with van der Waals surface area (Å²) in [5.41, 5.74) is 0.531. The van der Waals surface area contributed by atoms with Crippen LogP contribution in [0, 0.1) is 0 Å². The number of hydrogen-bond acceptors (Lipinski definition) is 7. The highest BCUT2D eigenvalue weighted by Gasteiger charge is 2.46. The Morgan fingerprint density at radius 3 is 2.76 bits per heavy atom. The molecule has 1 aromatic heterocycles. The summed E-state index contributed by atoms with van der Waals surface area (Å²) in [4.78, 5) is 30.1. The van der Waals surface area contributed by atoms with Crippen molar-refractivity contribution in [3.63, 3.8) is 0 Å². The molecule has 1 fully saturated rings. The van der Waals surface area contributed by atoms with Crippen LogP contribution in [0.3, 0.4) is 0 Å². The van der Waals surface area contributed by atoms with Crippen molar-refractivity contribution in [2.24, 2.45) is 0 Å². The highest BCUT2D eigenvalue weighted by molar-refractivity contribution is 7.10. The zero-order valence-electron chi connectivity index (χ0n) is 16.3. The van der Waals surface area contributed by atoms with Crippen molar-refractivity contribution < 1.29 is 24.2 Å². The van der Waals surface area contributed by atoms with E-state index in [9.17, 15) is 14.7 Å². The predicted octanol–water partition coefficient (Wildman–Crippen LogP) is 2.85. The number of aliphatic hydroxyl groups is 1. The van der Waals surface area contributed by atoms with Gasteiger partial charge in [0.05, 0.1) is 11.6 Å². The molecule has 1 amide bonds. The standard InChI is InChI=1S/C21H22N2O5S/c1-22(2)8-4-9-23-18(16-5-3-10-29-16)17(20(25)21(23)26)19(24)13-6-7-14-15(11-13)28-12-27-14/h3,5-7,10-11,18,24H,4,8-9,12H2,1-2H3/b19-17-. The van der Waals surface area contributed by atoms with Gasteiger partial charge >= 0.3 is 0 Å². The molecule has 2 aromatic rings. The molecule has 0 bridgehead atoms. The Bertz CT molecular complexity index is 967. The molecule has 2 aliphatic heterocycles. The van der Waals surface area contributed by atoms with Crippen LogP contribution >= 0.6 is 11.3 Å². The first-order valence-corrected chi connectivity index (χ1v) is 10.2. The van der Waals surface area contributed by atoms with Crippen molar-refractivity contribution in [3.8, 4) is 11.5 Å². The van der Waals surface area contributed by atoms with Gasteiger partial charge in [-0.25, -0.2) is 0 Å². The van der Waals surface area contributed by atoms with Crippen LogP contribution in [0.25, 0.3) is 5.76 Å². The number of rotatable bonds is 6. The number of ether oxygens (including phenoxy) is 2. The first-order valence-electron chi connectivity index (χ1n) is 9.34. The molecule has 0 aliphatic carbocycles. The van der Waals surface area contributed by atoms with Crippen molar-refractivity contribution in [1.29, 1.82) is 0 Å². The van der Waals surface area contributed by atoms with Gasteiger partial charge in [0.15, 0.2) is 11.5 Å². The molecule has 7 nitrogen and oxygen atoms in total. The number of hydrogen-bond donors (Lipinski definition) is 1. The minimum atomic E-state index is -0.664. The van der Waals surface area contributed by atoms with Crippen LogP contribution in [-0.4, -0.2) is 60.6 Å². The molecule has 1 N–H and O–H groups in total. The fourth-order valence-corrected chi connectivity index (χ4v) is 4.46. The lowest BCUT2D eigenvalue weighted by atomic mass is 9.99.